The second-order valence-corrected chi connectivity index (χ2v) is 5.81. The lowest BCUT2D eigenvalue weighted by Gasteiger charge is -2.02. The van der Waals surface area contributed by atoms with Crippen molar-refractivity contribution in [2.24, 2.45) is 0 Å². The first kappa shape index (κ1) is 13.8. The van der Waals surface area contributed by atoms with Crippen molar-refractivity contribution in [2.45, 2.75) is 11.3 Å². The van der Waals surface area contributed by atoms with Crippen molar-refractivity contribution in [2.75, 3.05) is 22.9 Å². The van der Waals surface area contributed by atoms with E-state index in [1.165, 1.54) is 23.1 Å². The van der Waals surface area contributed by atoms with E-state index >= 15 is 0 Å². The predicted molar refractivity (Wildman–Crippen MR) is 79.9 cm³/mol. The average molecular weight is 294 g/mol. The second kappa shape index (κ2) is 7.10. The van der Waals surface area contributed by atoms with Crippen LogP contribution in [0.4, 0.5) is 10.8 Å². The van der Waals surface area contributed by atoms with Gasteiger partial charge in [0, 0.05) is 12.2 Å². The van der Waals surface area contributed by atoms with Crippen molar-refractivity contribution in [3.8, 4) is 0 Å². The van der Waals surface area contributed by atoms with E-state index in [-0.39, 0.29) is 5.91 Å². The minimum atomic E-state index is -0.0450. The minimum Gasteiger partial charge on any atom is -0.360 e. The van der Waals surface area contributed by atoms with Crippen molar-refractivity contribution in [1.29, 1.82) is 0 Å². The molecule has 5 nitrogen and oxygen atoms in total. The van der Waals surface area contributed by atoms with Crippen LogP contribution in [0.15, 0.2) is 34.7 Å². The van der Waals surface area contributed by atoms with Crippen LogP contribution in [0.5, 0.6) is 0 Å². The van der Waals surface area contributed by atoms with E-state index in [0.717, 1.165) is 21.7 Å². The molecule has 1 aromatic carbocycles. The molecule has 0 aliphatic carbocycles. The lowest BCUT2D eigenvalue weighted by Crippen LogP contribution is -2.13. The minimum absolute atomic E-state index is 0.0450. The number of thioether (sulfide) groups is 1. The Labute approximate surface area is 119 Å². The first-order chi connectivity index (χ1) is 9.28. The number of hydrogen-bond donors (Lipinski definition) is 2. The molecule has 0 saturated heterocycles. The molecule has 1 aromatic heterocycles. The zero-order valence-electron chi connectivity index (χ0n) is 10.4. The summed E-state index contributed by atoms with van der Waals surface area (Å²) >= 11 is 2.84. The molecule has 19 heavy (non-hydrogen) atoms. The van der Waals surface area contributed by atoms with Crippen molar-refractivity contribution < 1.29 is 4.79 Å². The molecule has 100 valence electrons. The van der Waals surface area contributed by atoms with Gasteiger partial charge in [-0.1, -0.05) is 41.3 Å². The smallest absolute Gasteiger partial charge is 0.234 e. The van der Waals surface area contributed by atoms with E-state index in [9.17, 15) is 4.79 Å². The molecule has 0 unspecified atom stereocenters. The van der Waals surface area contributed by atoms with Gasteiger partial charge in [0.15, 0.2) is 4.34 Å². The summed E-state index contributed by atoms with van der Waals surface area (Å²) in [7, 11) is 0. The topological polar surface area (TPSA) is 66.9 Å². The standard InChI is InChI=1S/C12H14N4OS2/c1-2-13-11-15-16-12(19-11)18-8-10(17)14-9-6-4-3-5-7-9/h3-7H,2,8H2,1H3,(H,13,15)(H,14,17). The highest BCUT2D eigenvalue weighted by molar-refractivity contribution is 8.01. The molecule has 0 saturated carbocycles. The summed E-state index contributed by atoms with van der Waals surface area (Å²) in [4.78, 5) is 11.7. The third-order valence-electron chi connectivity index (χ3n) is 2.12. The SMILES string of the molecule is CCNc1nnc(SCC(=O)Nc2ccccc2)s1. The third-order valence-corrected chi connectivity index (χ3v) is 4.13. The number of rotatable bonds is 6. The summed E-state index contributed by atoms with van der Waals surface area (Å²) in [6.07, 6.45) is 0. The first-order valence-corrected chi connectivity index (χ1v) is 7.63. The number of hydrogen-bond acceptors (Lipinski definition) is 6. The molecular weight excluding hydrogens is 280 g/mol. The van der Waals surface area contributed by atoms with Gasteiger partial charge in [0.05, 0.1) is 5.75 Å². The molecule has 0 bridgehead atoms. The number of para-hydroxylation sites is 1. The molecule has 0 aliphatic rings. The van der Waals surface area contributed by atoms with Crippen LogP contribution in [0.3, 0.4) is 0 Å². The zero-order valence-corrected chi connectivity index (χ0v) is 12.1. The normalized spacial score (nSPS) is 10.2. The van der Waals surface area contributed by atoms with Crippen LogP contribution in [0.2, 0.25) is 0 Å². The number of carbonyl (C=O) groups excluding carboxylic acids is 1. The van der Waals surface area contributed by atoms with Gasteiger partial charge in [0.2, 0.25) is 11.0 Å². The maximum absolute atomic E-state index is 11.7. The number of nitrogens with one attached hydrogen (secondary N) is 2. The van der Waals surface area contributed by atoms with Gasteiger partial charge in [0.25, 0.3) is 0 Å². The van der Waals surface area contributed by atoms with Crippen LogP contribution in [-0.4, -0.2) is 28.4 Å². The quantitative estimate of drug-likeness (QED) is 0.802. The summed E-state index contributed by atoms with van der Waals surface area (Å²) in [5.74, 6) is 0.284. The van der Waals surface area contributed by atoms with Crippen molar-refractivity contribution >= 4 is 39.8 Å². The van der Waals surface area contributed by atoms with Gasteiger partial charge in [-0.25, -0.2) is 0 Å². The largest absolute Gasteiger partial charge is 0.360 e. The van der Waals surface area contributed by atoms with Crippen molar-refractivity contribution in [3.63, 3.8) is 0 Å². The van der Waals surface area contributed by atoms with E-state index in [4.69, 9.17) is 0 Å². The highest BCUT2D eigenvalue weighted by atomic mass is 32.2. The van der Waals surface area contributed by atoms with Crippen LogP contribution in [-0.2, 0) is 4.79 Å². The Balaban J connectivity index is 1.79. The first-order valence-electron chi connectivity index (χ1n) is 5.83. The van der Waals surface area contributed by atoms with Crippen LogP contribution in [0.1, 0.15) is 6.92 Å². The van der Waals surface area contributed by atoms with Gasteiger partial charge in [-0.15, -0.1) is 10.2 Å². The number of nitrogens with zero attached hydrogens (tertiary/aromatic N) is 2. The van der Waals surface area contributed by atoms with Crippen molar-refractivity contribution in [1.82, 2.24) is 10.2 Å². The Morgan fingerprint density at radius 2 is 2.11 bits per heavy atom. The van der Waals surface area contributed by atoms with Crippen LogP contribution >= 0.6 is 23.1 Å². The molecule has 0 spiro atoms. The maximum atomic E-state index is 11.7. The maximum Gasteiger partial charge on any atom is 0.234 e. The highest BCUT2D eigenvalue weighted by Gasteiger charge is 2.07. The van der Waals surface area contributed by atoms with Gasteiger partial charge >= 0.3 is 0 Å². The Hall–Kier alpha value is -1.60. The summed E-state index contributed by atoms with van der Waals surface area (Å²) in [6.45, 7) is 2.81. The summed E-state index contributed by atoms with van der Waals surface area (Å²) < 4.78 is 0.791. The van der Waals surface area contributed by atoms with E-state index < -0.39 is 0 Å². The van der Waals surface area contributed by atoms with Crippen LogP contribution in [0.25, 0.3) is 0 Å². The van der Waals surface area contributed by atoms with E-state index in [0.29, 0.717) is 5.75 Å². The van der Waals surface area contributed by atoms with E-state index in [1.54, 1.807) is 0 Å². The molecule has 2 rings (SSSR count). The number of benzene rings is 1. The molecule has 2 N–H and O–H groups in total. The molecule has 1 amide bonds. The molecule has 7 heteroatoms. The number of aromatic nitrogens is 2. The van der Waals surface area contributed by atoms with Gasteiger partial charge in [-0.3, -0.25) is 4.79 Å². The highest BCUT2D eigenvalue weighted by Crippen LogP contribution is 2.25. The van der Waals surface area contributed by atoms with Gasteiger partial charge in [-0.05, 0) is 19.1 Å². The van der Waals surface area contributed by atoms with Crippen molar-refractivity contribution in [3.05, 3.63) is 30.3 Å². The predicted octanol–water partition coefficient (Wildman–Crippen LogP) is 2.70. The molecular formula is C12H14N4OS2. The molecule has 0 fully saturated rings. The molecule has 2 aromatic rings. The van der Waals surface area contributed by atoms with Gasteiger partial charge < -0.3 is 10.6 Å². The summed E-state index contributed by atoms with van der Waals surface area (Å²) in [5.41, 5.74) is 0.804. The van der Waals surface area contributed by atoms with Gasteiger partial charge in [0.1, 0.15) is 0 Å². The Morgan fingerprint density at radius 3 is 2.84 bits per heavy atom. The fourth-order valence-electron chi connectivity index (χ4n) is 1.34. The summed E-state index contributed by atoms with van der Waals surface area (Å²) in [6, 6.07) is 9.40. The lowest BCUT2D eigenvalue weighted by molar-refractivity contribution is -0.113. The third kappa shape index (κ3) is 4.53. The lowest BCUT2D eigenvalue weighted by atomic mass is 10.3. The zero-order chi connectivity index (χ0) is 13.5. The van der Waals surface area contributed by atoms with Gasteiger partial charge in [-0.2, -0.15) is 0 Å². The van der Waals surface area contributed by atoms with Crippen LogP contribution < -0.4 is 10.6 Å². The van der Waals surface area contributed by atoms with E-state index in [2.05, 4.69) is 20.8 Å². The molecule has 0 atom stereocenters. The Bertz CT molecular complexity index is 530. The summed E-state index contributed by atoms with van der Waals surface area (Å²) in [5, 5.41) is 14.7. The molecule has 0 aliphatic heterocycles. The molecule has 0 radical (unpaired) electrons. The number of carbonyl (C=O) groups is 1. The van der Waals surface area contributed by atoms with E-state index in [1.807, 2.05) is 37.3 Å². The number of anilines is 2. The average Bonchev–Trinajstić information content (AvgIpc) is 2.86. The monoisotopic (exact) mass is 294 g/mol. The fraction of sp³-hybridized carbons (Fsp3) is 0.250. The Morgan fingerprint density at radius 1 is 1.32 bits per heavy atom. The fourth-order valence-corrected chi connectivity index (χ4v) is 2.96. The molecule has 1 heterocycles. The Kier molecular flexibility index (Phi) is 5.17. The number of amides is 1. The van der Waals surface area contributed by atoms with Crippen LogP contribution in [0, 0.1) is 0 Å². The second-order valence-electron chi connectivity index (χ2n) is 3.61.